The Morgan fingerprint density at radius 2 is 1.79 bits per heavy atom. The number of carbonyl (C=O) groups excluding carboxylic acids is 2. The Bertz CT molecular complexity index is 1360. The van der Waals surface area contributed by atoms with Crippen LogP contribution in [-0.4, -0.2) is 93.0 Å². The number of likely N-dealkylation sites (tertiary alicyclic amines) is 1. The highest BCUT2D eigenvalue weighted by atomic mass is 35.5. The number of piperazine rings is 1. The van der Waals surface area contributed by atoms with Crippen LogP contribution >= 0.6 is 11.6 Å². The molecule has 1 N–H and O–H groups in total. The van der Waals surface area contributed by atoms with Crippen molar-refractivity contribution < 1.29 is 27.1 Å². The molecule has 3 aliphatic heterocycles. The highest BCUT2D eigenvalue weighted by molar-refractivity contribution is 7.88. The Morgan fingerprint density at radius 1 is 1.08 bits per heavy atom. The molecule has 204 valence electrons. The molecular formula is C26H30ClFN4O5S. The van der Waals surface area contributed by atoms with Crippen molar-refractivity contribution in [1.82, 2.24) is 14.1 Å². The van der Waals surface area contributed by atoms with E-state index in [0.717, 1.165) is 30.6 Å². The van der Waals surface area contributed by atoms with Gasteiger partial charge in [-0.15, -0.1) is 0 Å². The predicted molar refractivity (Wildman–Crippen MR) is 142 cm³/mol. The maximum atomic E-state index is 14.8. The van der Waals surface area contributed by atoms with Crippen LogP contribution in [0.3, 0.4) is 0 Å². The van der Waals surface area contributed by atoms with Crippen molar-refractivity contribution in [3.05, 3.63) is 58.4 Å². The van der Waals surface area contributed by atoms with E-state index in [-0.39, 0.29) is 37.6 Å². The van der Waals surface area contributed by atoms with Gasteiger partial charge < -0.3 is 15.0 Å². The zero-order chi connectivity index (χ0) is 27.1. The smallest absolute Gasteiger partial charge is 0.256 e. The molecule has 0 radical (unpaired) electrons. The van der Waals surface area contributed by atoms with E-state index in [9.17, 15) is 22.4 Å². The van der Waals surface area contributed by atoms with Crippen molar-refractivity contribution >= 4 is 39.1 Å². The van der Waals surface area contributed by atoms with Crippen LogP contribution in [-0.2, 0) is 20.2 Å². The van der Waals surface area contributed by atoms with Gasteiger partial charge in [-0.2, -0.15) is 4.31 Å². The van der Waals surface area contributed by atoms with Gasteiger partial charge in [0.2, 0.25) is 15.9 Å². The lowest BCUT2D eigenvalue weighted by atomic mass is 9.73. The summed E-state index contributed by atoms with van der Waals surface area (Å²) in [5, 5.41) is 3.60. The second-order valence-electron chi connectivity index (χ2n) is 10.0. The number of carbonyl (C=O) groups is 2. The van der Waals surface area contributed by atoms with Gasteiger partial charge in [0.05, 0.1) is 17.2 Å². The molecular weight excluding hydrogens is 535 g/mol. The van der Waals surface area contributed by atoms with Crippen LogP contribution in [0.4, 0.5) is 10.1 Å². The first kappa shape index (κ1) is 26.9. The molecule has 2 saturated heterocycles. The molecule has 0 bridgehead atoms. The Kier molecular flexibility index (Phi) is 7.38. The summed E-state index contributed by atoms with van der Waals surface area (Å²) in [6.07, 6.45) is 2.49. The number of piperidine rings is 1. The van der Waals surface area contributed by atoms with Crippen LogP contribution in [0.1, 0.15) is 28.8 Å². The van der Waals surface area contributed by atoms with Gasteiger partial charge in [0.15, 0.2) is 0 Å². The van der Waals surface area contributed by atoms with E-state index in [1.54, 1.807) is 12.1 Å². The standard InChI is InChI=1S/C26H30ClFN4O5S/c1-38(35,36)32-12-10-31(11-13-32)24(33)20-4-3-19(17-22(20)28)37-15-14-30-8-6-26(7-9-30)21-16-18(27)2-5-23(21)29-25(26)34/h2-5,16-17H,6-15H2,1H3,(H,29,34). The molecule has 0 aliphatic carbocycles. The number of anilines is 1. The largest absolute Gasteiger partial charge is 0.492 e. The molecule has 2 aromatic rings. The summed E-state index contributed by atoms with van der Waals surface area (Å²) in [7, 11) is -3.31. The lowest BCUT2D eigenvalue weighted by molar-refractivity contribution is -0.122. The Hall–Kier alpha value is -2.73. The predicted octanol–water partition coefficient (Wildman–Crippen LogP) is 2.56. The number of rotatable bonds is 6. The molecule has 2 fully saturated rings. The second-order valence-corrected chi connectivity index (χ2v) is 12.4. The fourth-order valence-electron chi connectivity index (χ4n) is 5.49. The number of halogens is 2. The van der Waals surface area contributed by atoms with E-state index in [0.29, 0.717) is 36.8 Å². The van der Waals surface area contributed by atoms with E-state index in [4.69, 9.17) is 16.3 Å². The van der Waals surface area contributed by atoms with Gasteiger partial charge in [-0.25, -0.2) is 12.8 Å². The molecule has 3 aliphatic rings. The van der Waals surface area contributed by atoms with E-state index in [1.165, 1.54) is 21.3 Å². The van der Waals surface area contributed by atoms with Gasteiger partial charge in [-0.05, 0) is 61.8 Å². The number of ether oxygens (including phenoxy) is 1. The zero-order valence-corrected chi connectivity index (χ0v) is 22.7. The second kappa shape index (κ2) is 10.4. The van der Waals surface area contributed by atoms with Gasteiger partial charge in [-0.1, -0.05) is 11.6 Å². The monoisotopic (exact) mass is 564 g/mol. The third kappa shape index (κ3) is 5.25. The quantitative estimate of drug-likeness (QED) is 0.579. The molecule has 9 nitrogen and oxygen atoms in total. The molecule has 0 saturated carbocycles. The first-order chi connectivity index (χ1) is 18.1. The number of hydrogen-bond donors (Lipinski definition) is 1. The highest BCUT2D eigenvalue weighted by Gasteiger charge is 2.48. The number of fused-ring (bicyclic) bond motifs is 2. The van der Waals surface area contributed by atoms with Crippen molar-refractivity contribution in [2.45, 2.75) is 18.3 Å². The summed E-state index contributed by atoms with van der Waals surface area (Å²) in [6, 6.07) is 9.68. The number of nitrogens with one attached hydrogen (secondary N) is 1. The minimum Gasteiger partial charge on any atom is -0.492 e. The molecule has 5 rings (SSSR count). The van der Waals surface area contributed by atoms with Gasteiger partial charge in [-0.3, -0.25) is 14.5 Å². The average Bonchev–Trinajstić information content (AvgIpc) is 3.14. The van der Waals surface area contributed by atoms with Crippen molar-refractivity contribution in [2.75, 3.05) is 64.0 Å². The molecule has 0 aromatic heterocycles. The minimum absolute atomic E-state index is 0.0213. The molecule has 2 aromatic carbocycles. The lowest BCUT2D eigenvalue weighted by Gasteiger charge is -2.38. The van der Waals surface area contributed by atoms with E-state index >= 15 is 0 Å². The molecule has 38 heavy (non-hydrogen) atoms. The van der Waals surface area contributed by atoms with Gasteiger partial charge in [0, 0.05) is 49.5 Å². The summed E-state index contributed by atoms with van der Waals surface area (Å²) < 4.78 is 45.2. The van der Waals surface area contributed by atoms with Crippen LogP contribution in [0.25, 0.3) is 0 Å². The Morgan fingerprint density at radius 3 is 2.45 bits per heavy atom. The number of nitrogens with zero attached hydrogens (tertiary/aromatic N) is 3. The maximum Gasteiger partial charge on any atom is 0.256 e. The summed E-state index contributed by atoms with van der Waals surface area (Å²) in [5.41, 5.74) is 1.17. The van der Waals surface area contributed by atoms with Crippen LogP contribution in [0, 0.1) is 5.82 Å². The number of hydrogen-bond acceptors (Lipinski definition) is 6. The number of benzene rings is 2. The van der Waals surface area contributed by atoms with E-state index in [2.05, 4.69) is 10.2 Å². The fourth-order valence-corrected chi connectivity index (χ4v) is 6.48. The summed E-state index contributed by atoms with van der Waals surface area (Å²) >= 11 is 6.19. The molecule has 12 heteroatoms. The van der Waals surface area contributed by atoms with Crippen LogP contribution in [0.2, 0.25) is 5.02 Å². The van der Waals surface area contributed by atoms with Crippen LogP contribution in [0.5, 0.6) is 5.75 Å². The summed E-state index contributed by atoms with van der Waals surface area (Å²) in [4.78, 5) is 29.2. The van der Waals surface area contributed by atoms with Gasteiger partial charge in [0.25, 0.3) is 5.91 Å². The lowest BCUT2D eigenvalue weighted by Crippen LogP contribution is -2.50. The maximum absolute atomic E-state index is 14.8. The Balaban J connectivity index is 1.11. The molecule has 3 heterocycles. The normalized spacial score (nSPS) is 19.9. The topological polar surface area (TPSA) is 99.3 Å². The van der Waals surface area contributed by atoms with E-state index in [1.807, 2.05) is 12.1 Å². The SMILES string of the molecule is CS(=O)(=O)N1CCN(C(=O)c2ccc(OCCN3CCC4(CC3)C(=O)Nc3ccc(Cl)cc34)cc2F)CC1. The number of amides is 2. The third-order valence-electron chi connectivity index (χ3n) is 7.73. The van der Waals surface area contributed by atoms with Crippen molar-refractivity contribution in [3.63, 3.8) is 0 Å². The van der Waals surface area contributed by atoms with Crippen LogP contribution < -0.4 is 10.1 Å². The van der Waals surface area contributed by atoms with Crippen molar-refractivity contribution in [2.24, 2.45) is 0 Å². The first-order valence-electron chi connectivity index (χ1n) is 12.6. The van der Waals surface area contributed by atoms with Crippen molar-refractivity contribution in [1.29, 1.82) is 0 Å². The first-order valence-corrected chi connectivity index (χ1v) is 14.8. The summed E-state index contributed by atoms with van der Waals surface area (Å²) in [5.74, 6) is -0.799. The van der Waals surface area contributed by atoms with Gasteiger partial charge >= 0.3 is 0 Å². The summed E-state index contributed by atoms with van der Waals surface area (Å²) in [6.45, 7) is 3.19. The molecule has 0 unspecified atom stereocenters. The zero-order valence-electron chi connectivity index (χ0n) is 21.1. The molecule has 2 amide bonds. The Labute approximate surface area is 226 Å². The molecule has 0 atom stereocenters. The highest BCUT2D eigenvalue weighted by Crippen LogP contribution is 2.45. The van der Waals surface area contributed by atoms with Crippen LogP contribution in [0.15, 0.2) is 36.4 Å². The molecule has 1 spiro atoms. The number of sulfonamides is 1. The minimum atomic E-state index is -3.31. The van der Waals surface area contributed by atoms with E-state index < -0.39 is 27.2 Å². The fraction of sp³-hybridized carbons (Fsp3) is 0.462. The average molecular weight is 565 g/mol. The van der Waals surface area contributed by atoms with Crippen molar-refractivity contribution in [3.8, 4) is 5.75 Å². The van der Waals surface area contributed by atoms with Gasteiger partial charge in [0.1, 0.15) is 18.2 Å². The third-order valence-corrected chi connectivity index (χ3v) is 9.27.